The standard InChI is InChI=1S/C37H46N4/c1-34(2,3)27-22-24(23-37(10,11)41-30-19-15-14-18-29(30)39-33(41)36(7,8)9)20-21-25(27)31-26-16-12-13-17-28(26)38-32(40-31)35(4,5)6/h12-22H,23H2,1-11H3. The summed E-state index contributed by atoms with van der Waals surface area (Å²) in [5.41, 5.74) is 7.60. The van der Waals surface area contributed by atoms with Gasteiger partial charge < -0.3 is 4.57 Å². The molecule has 0 spiro atoms. The lowest BCUT2D eigenvalue weighted by Crippen LogP contribution is -2.34. The van der Waals surface area contributed by atoms with Gasteiger partial charge in [0.1, 0.15) is 11.6 Å². The molecule has 0 amide bonds. The lowest BCUT2D eigenvalue weighted by Gasteiger charge is -2.34. The third kappa shape index (κ3) is 5.54. The summed E-state index contributed by atoms with van der Waals surface area (Å²) in [6.45, 7) is 24.9. The van der Waals surface area contributed by atoms with Crippen LogP contribution in [0.1, 0.15) is 98.9 Å². The highest BCUT2D eigenvalue weighted by atomic mass is 15.1. The van der Waals surface area contributed by atoms with Crippen LogP contribution >= 0.6 is 0 Å². The number of hydrogen-bond acceptors (Lipinski definition) is 3. The van der Waals surface area contributed by atoms with Crippen LogP contribution in [0.15, 0.2) is 66.7 Å². The molecule has 2 heterocycles. The Balaban J connectivity index is 1.67. The van der Waals surface area contributed by atoms with Crippen LogP contribution in [0, 0.1) is 0 Å². The van der Waals surface area contributed by atoms with Gasteiger partial charge in [0.2, 0.25) is 0 Å². The van der Waals surface area contributed by atoms with Crippen LogP contribution in [-0.4, -0.2) is 19.5 Å². The Morgan fingerprint density at radius 1 is 0.610 bits per heavy atom. The van der Waals surface area contributed by atoms with Crippen molar-refractivity contribution in [1.29, 1.82) is 0 Å². The molecule has 0 aliphatic heterocycles. The summed E-state index contributed by atoms with van der Waals surface area (Å²) in [5.74, 6) is 2.00. The van der Waals surface area contributed by atoms with E-state index in [-0.39, 0.29) is 21.8 Å². The van der Waals surface area contributed by atoms with Gasteiger partial charge >= 0.3 is 0 Å². The first kappa shape index (κ1) is 29.0. The number of nitrogens with zero attached hydrogens (tertiary/aromatic N) is 4. The van der Waals surface area contributed by atoms with E-state index >= 15 is 0 Å². The molecule has 2 aromatic heterocycles. The first-order chi connectivity index (χ1) is 19.0. The highest BCUT2D eigenvalue weighted by Gasteiger charge is 2.32. The van der Waals surface area contributed by atoms with Crippen LogP contribution < -0.4 is 0 Å². The monoisotopic (exact) mass is 546 g/mol. The molecule has 0 aliphatic rings. The third-order valence-corrected chi connectivity index (χ3v) is 7.89. The summed E-state index contributed by atoms with van der Waals surface area (Å²) in [6, 6.07) is 23.9. The van der Waals surface area contributed by atoms with Crippen molar-refractivity contribution in [2.45, 2.75) is 104 Å². The average molecular weight is 547 g/mol. The minimum Gasteiger partial charge on any atom is -0.322 e. The number of para-hydroxylation sites is 3. The topological polar surface area (TPSA) is 43.6 Å². The molecule has 0 saturated carbocycles. The third-order valence-electron chi connectivity index (χ3n) is 7.89. The second-order valence-corrected chi connectivity index (χ2v) is 15.3. The number of imidazole rings is 1. The fourth-order valence-electron chi connectivity index (χ4n) is 5.87. The highest BCUT2D eigenvalue weighted by molar-refractivity contribution is 5.93. The van der Waals surface area contributed by atoms with Crippen molar-refractivity contribution in [3.05, 3.63) is 89.5 Å². The number of fused-ring (bicyclic) bond motifs is 2. The first-order valence-corrected chi connectivity index (χ1v) is 14.9. The van der Waals surface area contributed by atoms with E-state index in [0.29, 0.717) is 0 Å². The Labute approximate surface area is 246 Å². The Morgan fingerprint density at radius 2 is 1.24 bits per heavy atom. The average Bonchev–Trinajstić information content (AvgIpc) is 3.28. The summed E-state index contributed by atoms with van der Waals surface area (Å²) in [4.78, 5) is 15.3. The molecule has 5 rings (SSSR count). The second-order valence-electron chi connectivity index (χ2n) is 15.3. The molecule has 5 aromatic rings. The molecule has 0 N–H and O–H groups in total. The van der Waals surface area contributed by atoms with Gasteiger partial charge in [-0.2, -0.15) is 0 Å². The molecule has 3 aromatic carbocycles. The molecular formula is C37H46N4. The molecule has 0 bridgehead atoms. The lowest BCUT2D eigenvalue weighted by atomic mass is 9.80. The van der Waals surface area contributed by atoms with Crippen molar-refractivity contribution in [2.24, 2.45) is 0 Å². The number of rotatable bonds is 4. The van der Waals surface area contributed by atoms with Gasteiger partial charge in [-0.1, -0.05) is 111 Å². The molecule has 4 heteroatoms. The van der Waals surface area contributed by atoms with Gasteiger partial charge in [-0.05, 0) is 55.0 Å². The zero-order chi connectivity index (χ0) is 30.0. The van der Waals surface area contributed by atoms with E-state index in [1.54, 1.807) is 0 Å². The van der Waals surface area contributed by atoms with Gasteiger partial charge in [0.15, 0.2) is 0 Å². The van der Waals surface area contributed by atoms with E-state index in [1.807, 2.05) is 0 Å². The largest absolute Gasteiger partial charge is 0.322 e. The normalized spacial score (nSPS) is 13.3. The number of benzene rings is 3. The smallest absolute Gasteiger partial charge is 0.135 e. The van der Waals surface area contributed by atoms with Gasteiger partial charge in [0, 0.05) is 27.3 Å². The first-order valence-electron chi connectivity index (χ1n) is 14.9. The van der Waals surface area contributed by atoms with Crippen molar-refractivity contribution >= 4 is 21.9 Å². The molecule has 0 fully saturated rings. The van der Waals surface area contributed by atoms with Crippen LogP contribution in [0.3, 0.4) is 0 Å². The Hall–Kier alpha value is -3.53. The molecule has 0 unspecified atom stereocenters. The van der Waals surface area contributed by atoms with Crippen molar-refractivity contribution < 1.29 is 0 Å². The zero-order valence-corrected chi connectivity index (χ0v) is 26.8. The maximum absolute atomic E-state index is 5.21. The fourth-order valence-corrected chi connectivity index (χ4v) is 5.87. The van der Waals surface area contributed by atoms with Crippen LogP contribution in [0.4, 0.5) is 0 Å². The zero-order valence-electron chi connectivity index (χ0n) is 26.8. The molecule has 4 nitrogen and oxygen atoms in total. The molecule has 0 atom stereocenters. The predicted octanol–water partition coefficient (Wildman–Crippen LogP) is 9.52. The maximum Gasteiger partial charge on any atom is 0.135 e. The molecule has 0 radical (unpaired) electrons. The summed E-state index contributed by atoms with van der Waals surface area (Å²) in [5, 5.41) is 1.10. The van der Waals surface area contributed by atoms with Gasteiger partial charge in [-0.3, -0.25) is 0 Å². The summed E-state index contributed by atoms with van der Waals surface area (Å²) >= 11 is 0. The fraction of sp³-hybridized carbons (Fsp3) is 0.432. The van der Waals surface area contributed by atoms with Crippen LogP contribution in [0.5, 0.6) is 0 Å². The van der Waals surface area contributed by atoms with E-state index in [9.17, 15) is 0 Å². The molecular weight excluding hydrogens is 500 g/mol. The van der Waals surface area contributed by atoms with E-state index in [0.717, 1.165) is 40.2 Å². The SMILES string of the molecule is CC(C)(C)c1nc(-c2ccc(CC(C)(C)n3c(C(C)(C)C)nc4ccccc43)cc2C(C)(C)C)c2ccccc2n1. The van der Waals surface area contributed by atoms with Gasteiger partial charge in [0.05, 0.1) is 22.2 Å². The van der Waals surface area contributed by atoms with E-state index in [2.05, 4.69) is 147 Å². The summed E-state index contributed by atoms with van der Waals surface area (Å²) in [6.07, 6.45) is 0.886. The van der Waals surface area contributed by atoms with Crippen LogP contribution in [-0.2, 0) is 28.2 Å². The highest BCUT2D eigenvalue weighted by Crippen LogP contribution is 2.39. The van der Waals surface area contributed by atoms with Crippen molar-refractivity contribution in [3.63, 3.8) is 0 Å². The minimum atomic E-state index is -0.184. The van der Waals surface area contributed by atoms with E-state index in [4.69, 9.17) is 15.0 Å². The molecule has 214 valence electrons. The lowest BCUT2D eigenvalue weighted by molar-refractivity contribution is 0.329. The van der Waals surface area contributed by atoms with Gasteiger partial charge in [-0.25, -0.2) is 15.0 Å². The van der Waals surface area contributed by atoms with Crippen molar-refractivity contribution in [1.82, 2.24) is 19.5 Å². The van der Waals surface area contributed by atoms with Crippen LogP contribution in [0.25, 0.3) is 33.2 Å². The van der Waals surface area contributed by atoms with E-state index in [1.165, 1.54) is 22.2 Å². The molecule has 41 heavy (non-hydrogen) atoms. The van der Waals surface area contributed by atoms with Gasteiger partial charge in [-0.15, -0.1) is 0 Å². The Bertz CT molecular complexity index is 1730. The maximum atomic E-state index is 5.21. The Kier molecular flexibility index (Phi) is 6.92. The second kappa shape index (κ2) is 9.79. The summed E-state index contributed by atoms with van der Waals surface area (Å²) < 4.78 is 2.47. The Morgan fingerprint density at radius 3 is 1.88 bits per heavy atom. The molecule has 0 saturated heterocycles. The quantitative estimate of drug-likeness (QED) is 0.225. The minimum absolute atomic E-state index is 0.0678. The predicted molar refractivity (Wildman–Crippen MR) is 174 cm³/mol. The van der Waals surface area contributed by atoms with Crippen molar-refractivity contribution in [2.75, 3.05) is 0 Å². The number of hydrogen-bond donors (Lipinski definition) is 0. The summed E-state index contributed by atoms with van der Waals surface area (Å²) in [7, 11) is 0. The van der Waals surface area contributed by atoms with Crippen LogP contribution in [0.2, 0.25) is 0 Å². The van der Waals surface area contributed by atoms with Crippen molar-refractivity contribution in [3.8, 4) is 11.3 Å². The number of aromatic nitrogens is 4. The molecule has 0 aliphatic carbocycles. The van der Waals surface area contributed by atoms with Gasteiger partial charge in [0.25, 0.3) is 0 Å². The van der Waals surface area contributed by atoms with E-state index < -0.39 is 0 Å².